The third kappa shape index (κ3) is 1.99. The van der Waals surface area contributed by atoms with Gasteiger partial charge in [0.05, 0.1) is 5.60 Å². The van der Waals surface area contributed by atoms with Crippen molar-refractivity contribution in [2.24, 2.45) is 0 Å². The maximum absolute atomic E-state index is 13.5. The van der Waals surface area contributed by atoms with Crippen LogP contribution in [0.3, 0.4) is 0 Å². The molecule has 0 heterocycles. The Hall–Kier alpha value is -0.890. The Kier molecular flexibility index (Phi) is 3.29. The van der Waals surface area contributed by atoms with Gasteiger partial charge in [-0.15, -0.1) is 0 Å². The molecule has 88 valence electrons. The fourth-order valence-electron chi connectivity index (χ4n) is 2.64. The van der Waals surface area contributed by atoms with E-state index < -0.39 is 5.60 Å². The van der Waals surface area contributed by atoms with E-state index in [1.165, 1.54) is 6.07 Å². The van der Waals surface area contributed by atoms with Gasteiger partial charge in [0.1, 0.15) is 5.82 Å². The number of halogens is 1. The number of hydrogen-bond donors (Lipinski definition) is 1. The Bertz CT molecular complexity index is 375. The summed E-state index contributed by atoms with van der Waals surface area (Å²) in [5, 5.41) is 10.5. The van der Waals surface area contributed by atoms with E-state index >= 15 is 0 Å². The van der Waals surface area contributed by atoms with Gasteiger partial charge < -0.3 is 5.11 Å². The Morgan fingerprint density at radius 3 is 2.94 bits per heavy atom. The molecule has 1 nitrogen and oxygen atoms in total. The number of unbranched alkanes of at least 4 members (excludes halogenated alkanes) is 2. The summed E-state index contributed by atoms with van der Waals surface area (Å²) in [5.74, 6) is -0.163. The molecule has 1 atom stereocenters. The molecule has 1 unspecified atom stereocenters. The summed E-state index contributed by atoms with van der Waals surface area (Å²) < 4.78 is 13.5. The quantitative estimate of drug-likeness (QED) is 0.772. The fourth-order valence-corrected chi connectivity index (χ4v) is 2.64. The molecule has 0 saturated heterocycles. The van der Waals surface area contributed by atoms with Crippen LogP contribution in [0.15, 0.2) is 18.2 Å². The lowest BCUT2D eigenvalue weighted by Gasteiger charge is -2.23. The van der Waals surface area contributed by atoms with Crippen molar-refractivity contribution < 1.29 is 9.50 Å². The van der Waals surface area contributed by atoms with Gasteiger partial charge in [0.2, 0.25) is 0 Å². The van der Waals surface area contributed by atoms with Crippen molar-refractivity contribution in [1.29, 1.82) is 0 Å². The minimum Gasteiger partial charge on any atom is -0.385 e. The maximum atomic E-state index is 13.5. The van der Waals surface area contributed by atoms with Gasteiger partial charge in [-0.2, -0.15) is 0 Å². The molecule has 0 radical (unpaired) electrons. The predicted octanol–water partition coefficient (Wildman–Crippen LogP) is 3.54. The zero-order chi connectivity index (χ0) is 11.6. The summed E-state index contributed by atoms with van der Waals surface area (Å²) in [6.07, 6.45) is 5.40. The molecule has 2 rings (SSSR count). The summed E-state index contributed by atoms with van der Waals surface area (Å²) in [5.41, 5.74) is 0.775. The zero-order valence-corrected chi connectivity index (χ0v) is 9.80. The molecule has 0 fully saturated rings. The molecular formula is C14H19FO. The molecule has 0 bridgehead atoms. The minimum atomic E-state index is -0.771. The molecule has 16 heavy (non-hydrogen) atoms. The Morgan fingerprint density at radius 1 is 1.38 bits per heavy atom. The Labute approximate surface area is 96.3 Å². The molecule has 1 aromatic rings. The maximum Gasteiger partial charge on any atom is 0.126 e. The van der Waals surface area contributed by atoms with E-state index in [0.717, 1.165) is 36.8 Å². The second kappa shape index (κ2) is 4.54. The first-order chi connectivity index (χ1) is 7.67. The predicted molar refractivity (Wildman–Crippen MR) is 62.8 cm³/mol. The average Bonchev–Trinajstić information content (AvgIpc) is 2.59. The highest BCUT2D eigenvalue weighted by Gasteiger charge is 2.37. The minimum absolute atomic E-state index is 0.163. The normalized spacial score (nSPS) is 23.4. The van der Waals surface area contributed by atoms with E-state index in [9.17, 15) is 9.50 Å². The number of aliphatic hydroxyl groups is 1. The molecule has 1 aromatic carbocycles. The summed E-state index contributed by atoms with van der Waals surface area (Å²) in [6.45, 7) is 2.15. The van der Waals surface area contributed by atoms with Crippen molar-refractivity contribution in [2.45, 2.75) is 51.0 Å². The highest BCUT2D eigenvalue weighted by Crippen LogP contribution is 2.41. The third-order valence-corrected chi connectivity index (χ3v) is 3.60. The van der Waals surface area contributed by atoms with Crippen molar-refractivity contribution in [3.05, 3.63) is 35.1 Å². The van der Waals surface area contributed by atoms with Gasteiger partial charge in [0.15, 0.2) is 0 Å². The molecule has 0 spiro atoms. The lowest BCUT2D eigenvalue weighted by Crippen LogP contribution is -2.22. The van der Waals surface area contributed by atoms with Crippen LogP contribution in [0.25, 0.3) is 0 Å². The molecule has 0 amide bonds. The molecule has 1 aliphatic rings. The monoisotopic (exact) mass is 222 g/mol. The number of rotatable bonds is 4. The van der Waals surface area contributed by atoms with Crippen LogP contribution in [0, 0.1) is 5.82 Å². The van der Waals surface area contributed by atoms with Gasteiger partial charge in [0, 0.05) is 0 Å². The molecule has 0 saturated carbocycles. The molecular weight excluding hydrogens is 203 g/mol. The fraction of sp³-hybridized carbons (Fsp3) is 0.571. The standard InChI is InChI=1S/C14H19FO/c1-2-3-4-9-14(16)10-8-11-12(14)6-5-7-13(11)15/h5-7,16H,2-4,8-10H2,1H3. The average molecular weight is 222 g/mol. The van der Waals surface area contributed by atoms with E-state index in [4.69, 9.17) is 0 Å². The van der Waals surface area contributed by atoms with Crippen molar-refractivity contribution in [3.63, 3.8) is 0 Å². The summed E-state index contributed by atoms with van der Waals surface area (Å²) in [4.78, 5) is 0. The van der Waals surface area contributed by atoms with E-state index in [-0.39, 0.29) is 5.82 Å². The number of benzene rings is 1. The van der Waals surface area contributed by atoms with Crippen molar-refractivity contribution in [2.75, 3.05) is 0 Å². The van der Waals surface area contributed by atoms with Crippen LogP contribution in [0.2, 0.25) is 0 Å². The molecule has 0 aromatic heterocycles. The number of hydrogen-bond acceptors (Lipinski definition) is 1. The van der Waals surface area contributed by atoms with Crippen molar-refractivity contribution in [3.8, 4) is 0 Å². The van der Waals surface area contributed by atoms with Crippen LogP contribution < -0.4 is 0 Å². The SMILES string of the molecule is CCCCCC1(O)CCc2c(F)cccc21. The lowest BCUT2D eigenvalue weighted by atomic mass is 9.90. The number of fused-ring (bicyclic) bond motifs is 1. The van der Waals surface area contributed by atoms with Crippen molar-refractivity contribution >= 4 is 0 Å². The van der Waals surface area contributed by atoms with Crippen LogP contribution in [0.1, 0.15) is 50.2 Å². The molecule has 1 N–H and O–H groups in total. The Balaban J connectivity index is 2.18. The second-order valence-electron chi connectivity index (χ2n) is 4.75. The smallest absolute Gasteiger partial charge is 0.126 e. The van der Waals surface area contributed by atoms with Gasteiger partial charge in [-0.3, -0.25) is 0 Å². The van der Waals surface area contributed by atoms with Gasteiger partial charge in [-0.25, -0.2) is 4.39 Å². The van der Waals surface area contributed by atoms with Gasteiger partial charge in [0.25, 0.3) is 0 Å². The highest BCUT2D eigenvalue weighted by atomic mass is 19.1. The first kappa shape index (κ1) is 11.6. The third-order valence-electron chi connectivity index (χ3n) is 3.60. The van der Waals surface area contributed by atoms with Crippen molar-refractivity contribution in [1.82, 2.24) is 0 Å². The second-order valence-corrected chi connectivity index (χ2v) is 4.75. The van der Waals surface area contributed by atoms with Gasteiger partial charge in [-0.05, 0) is 36.5 Å². The molecule has 1 aliphatic carbocycles. The van der Waals surface area contributed by atoms with Crippen LogP contribution in [-0.4, -0.2) is 5.11 Å². The largest absolute Gasteiger partial charge is 0.385 e. The van der Waals surface area contributed by atoms with Gasteiger partial charge >= 0.3 is 0 Å². The van der Waals surface area contributed by atoms with Crippen LogP contribution in [0.5, 0.6) is 0 Å². The highest BCUT2D eigenvalue weighted by molar-refractivity contribution is 5.38. The topological polar surface area (TPSA) is 20.2 Å². The van der Waals surface area contributed by atoms with E-state index in [0.29, 0.717) is 12.8 Å². The van der Waals surface area contributed by atoms with Crippen LogP contribution >= 0.6 is 0 Å². The zero-order valence-electron chi connectivity index (χ0n) is 9.80. The summed E-state index contributed by atoms with van der Waals surface area (Å²) >= 11 is 0. The van der Waals surface area contributed by atoms with E-state index in [2.05, 4.69) is 6.92 Å². The lowest BCUT2D eigenvalue weighted by molar-refractivity contribution is 0.0268. The molecule has 0 aliphatic heterocycles. The van der Waals surface area contributed by atoms with Gasteiger partial charge in [-0.1, -0.05) is 38.3 Å². The van der Waals surface area contributed by atoms with Crippen LogP contribution in [0.4, 0.5) is 4.39 Å². The molecule has 2 heteroatoms. The summed E-state index contributed by atoms with van der Waals surface area (Å²) in [6, 6.07) is 5.05. The van der Waals surface area contributed by atoms with Crippen LogP contribution in [-0.2, 0) is 12.0 Å². The first-order valence-corrected chi connectivity index (χ1v) is 6.17. The Morgan fingerprint density at radius 2 is 2.19 bits per heavy atom. The van der Waals surface area contributed by atoms with E-state index in [1.807, 2.05) is 6.07 Å². The first-order valence-electron chi connectivity index (χ1n) is 6.17. The van der Waals surface area contributed by atoms with E-state index in [1.54, 1.807) is 6.07 Å². The summed E-state index contributed by atoms with van der Waals surface area (Å²) in [7, 11) is 0.